The molecule has 0 spiro atoms. The summed E-state index contributed by atoms with van der Waals surface area (Å²) < 4.78 is 4.68. The van der Waals surface area contributed by atoms with Gasteiger partial charge in [0.05, 0.1) is 5.60 Å². The van der Waals surface area contributed by atoms with Gasteiger partial charge in [0.25, 0.3) is 5.91 Å². The molecule has 1 aromatic carbocycles. The molecule has 112 valence electrons. The molecule has 2 aromatic rings. The first-order chi connectivity index (χ1) is 10.1. The van der Waals surface area contributed by atoms with Gasteiger partial charge in [-0.1, -0.05) is 31.1 Å². The van der Waals surface area contributed by atoms with Gasteiger partial charge in [0.1, 0.15) is 0 Å². The molecule has 0 radical (unpaired) electrons. The summed E-state index contributed by atoms with van der Waals surface area (Å²) in [6, 6.07) is 6.90. The van der Waals surface area contributed by atoms with E-state index in [1.54, 1.807) is 24.3 Å². The van der Waals surface area contributed by atoms with Gasteiger partial charge >= 0.3 is 0 Å². The van der Waals surface area contributed by atoms with Gasteiger partial charge in [0.15, 0.2) is 0 Å². The molecular formula is C15H19N3O3. The molecule has 6 nitrogen and oxygen atoms in total. The molecule has 1 aromatic heterocycles. The van der Waals surface area contributed by atoms with Crippen LogP contribution in [0.5, 0.6) is 0 Å². The number of benzene rings is 1. The minimum atomic E-state index is -0.847. The Balaban J connectivity index is 2.00. The van der Waals surface area contributed by atoms with Crippen molar-refractivity contribution in [2.45, 2.75) is 32.3 Å². The van der Waals surface area contributed by atoms with Crippen LogP contribution in [-0.2, 0) is 0 Å². The van der Waals surface area contributed by atoms with E-state index in [2.05, 4.69) is 20.0 Å². The van der Waals surface area contributed by atoms with Crippen molar-refractivity contribution in [2.24, 2.45) is 0 Å². The largest absolute Gasteiger partial charge is 0.388 e. The van der Waals surface area contributed by atoms with Gasteiger partial charge in [0.2, 0.25) is 12.2 Å². The summed E-state index contributed by atoms with van der Waals surface area (Å²) in [6.07, 6.45) is 2.45. The first-order valence-electron chi connectivity index (χ1n) is 6.95. The number of carbonyl (C=O) groups is 1. The number of hydrogen-bond acceptors (Lipinski definition) is 5. The summed E-state index contributed by atoms with van der Waals surface area (Å²) in [5.41, 5.74) is 0.455. The van der Waals surface area contributed by atoms with Crippen molar-refractivity contribution in [2.75, 3.05) is 6.54 Å². The zero-order valence-electron chi connectivity index (χ0n) is 12.2. The molecule has 1 heterocycles. The fourth-order valence-corrected chi connectivity index (χ4v) is 1.92. The normalized spacial score (nSPS) is 11.4. The third-order valence-electron chi connectivity index (χ3n) is 3.66. The topological polar surface area (TPSA) is 88.2 Å². The van der Waals surface area contributed by atoms with Crippen molar-refractivity contribution < 1.29 is 14.4 Å². The minimum Gasteiger partial charge on any atom is -0.388 e. The third-order valence-corrected chi connectivity index (χ3v) is 3.66. The lowest BCUT2D eigenvalue weighted by molar-refractivity contribution is 0.0314. The highest BCUT2D eigenvalue weighted by atomic mass is 16.5. The molecule has 1 amide bonds. The van der Waals surface area contributed by atoms with E-state index in [4.69, 9.17) is 0 Å². The maximum Gasteiger partial charge on any atom is 0.251 e. The Morgan fingerprint density at radius 1 is 1.29 bits per heavy atom. The second-order valence-electron chi connectivity index (χ2n) is 4.95. The van der Waals surface area contributed by atoms with E-state index in [0.29, 0.717) is 24.2 Å². The fraction of sp³-hybridized carbons (Fsp3) is 0.400. The van der Waals surface area contributed by atoms with Crippen LogP contribution in [0.2, 0.25) is 0 Å². The zero-order chi connectivity index (χ0) is 15.3. The number of amides is 1. The van der Waals surface area contributed by atoms with Gasteiger partial charge in [-0.2, -0.15) is 4.98 Å². The average molecular weight is 289 g/mol. The zero-order valence-corrected chi connectivity index (χ0v) is 12.2. The van der Waals surface area contributed by atoms with Crippen LogP contribution in [0.15, 0.2) is 35.2 Å². The number of rotatable bonds is 6. The van der Waals surface area contributed by atoms with E-state index >= 15 is 0 Å². The quantitative estimate of drug-likeness (QED) is 0.849. The molecule has 21 heavy (non-hydrogen) atoms. The molecule has 0 aliphatic heterocycles. The predicted octanol–water partition coefficient (Wildman–Crippen LogP) is 2.02. The maximum atomic E-state index is 12.0. The smallest absolute Gasteiger partial charge is 0.251 e. The van der Waals surface area contributed by atoms with Crippen LogP contribution in [0.25, 0.3) is 11.4 Å². The van der Waals surface area contributed by atoms with Crippen molar-refractivity contribution in [1.29, 1.82) is 0 Å². The van der Waals surface area contributed by atoms with Crippen molar-refractivity contribution in [3.8, 4) is 11.4 Å². The molecule has 0 unspecified atom stereocenters. The van der Waals surface area contributed by atoms with Gasteiger partial charge in [-0.05, 0) is 25.0 Å². The molecule has 0 saturated heterocycles. The van der Waals surface area contributed by atoms with Crippen LogP contribution in [-0.4, -0.2) is 33.3 Å². The van der Waals surface area contributed by atoms with Crippen molar-refractivity contribution in [3.63, 3.8) is 0 Å². The SMILES string of the molecule is CCC(O)(CC)CNC(=O)c1ccc(-c2ncon2)cc1. The lowest BCUT2D eigenvalue weighted by Crippen LogP contribution is -2.42. The second kappa shape index (κ2) is 6.49. The fourth-order valence-electron chi connectivity index (χ4n) is 1.92. The molecule has 6 heteroatoms. The average Bonchev–Trinajstić information content (AvgIpc) is 3.07. The lowest BCUT2D eigenvalue weighted by Gasteiger charge is -2.25. The highest BCUT2D eigenvalue weighted by Gasteiger charge is 2.22. The van der Waals surface area contributed by atoms with Gasteiger partial charge in [0, 0.05) is 17.7 Å². The Hall–Kier alpha value is -2.21. The number of aromatic nitrogens is 2. The van der Waals surface area contributed by atoms with Crippen molar-refractivity contribution in [1.82, 2.24) is 15.5 Å². The number of hydrogen-bond donors (Lipinski definition) is 2. The monoisotopic (exact) mass is 289 g/mol. The standard InChI is InChI=1S/C15H19N3O3/c1-3-15(20,4-2)9-16-14(19)12-7-5-11(6-8-12)13-17-10-21-18-13/h5-8,10,20H,3-4,9H2,1-2H3,(H,16,19). The van der Waals surface area contributed by atoms with E-state index in [9.17, 15) is 9.90 Å². The molecule has 0 bridgehead atoms. The van der Waals surface area contributed by atoms with Gasteiger partial charge in [-0.25, -0.2) is 0 Å². The van der Waals surface area contributed by atoms with Crippen LogP contribution in [0, 0.1) is 0 Å². The number of nitrogens with one attached hydrogen (secondary N) is 1. The molecule has 0 atom stereocenters. The summed E-state index contributed by atoms with van der Waals surface area (Å²) in [5.74, 6) is 0.267. The predicted molar refractivity (Wildman–Crippen MR) is 77.6 cm³/mol. The summed E-state index contributed by atoms with van der Waals surface area (Å²) in [4.78, 5) is 16.0. The summed E-state index contributed by atoms with van der Waals surface area (Å²) in [7, 11) is 0. The second-order valence-corrected chi connectivity index (χ2v) is 4.95. The van der Waals surface area contributed by atoms with Gasteiger partial charge < -0.3 is 14.9 Å². The molecule has 0 aliphatic carbocycles. The van der Waals surface area contributed by atoms with Crippen molar-refractivity contribution in [3.05, 3.63) is 36.2 Å². The van der Waals surface area contributed by atoms with Gasteiger partial charge in [-0.15, -0.1) is 0 Å². The minimum absolute atomic E-state index is 0.213. The Kier molecular flexibility index (Phi) is 4.70. The number of carbonyl (C=O) groups excluding carboxylic acids is 1. The van der Waals surface area contributed by atoms with Crippen LogP contribution >= 0.6 is 0 Å². The maximum absolute atomic E-state index is 12.0. The molecule has 2 rings (SSSR count). The number of aliphatic hydroxyl groups is 1. The van der Waals surface area contributed by atoms with Crippen molar-refractivity contribution >= 4 is 5.91 Å². The highest BCUT2D eigenvalue weighted by molar-refractivity contribution is 5.94. The Labute approximate surface area is 123 Å². The van der Waals surface area contributed by atoms with E-state index < -0.39 is 5.60 Å². The van der Waals surface area contributed by atoms with E-state index in [0.717, 1.165) is 5.56 Å². The summed E-state index contributed by atoms with van der Waals surface area (Å²) in [5, 5.41) is 16.6. The first kappa shape index (κ1) is 15.2. The number of nitrogens with zero attached hydrogens (tertiary/aromatic N) is 2. The highest BCUT2D eigenvalue weighted by Crippen LogP contribution is 2.16. The molecule has 0 aliphatic rings. The summed E-state index contributed by atoms with van der Waals surface area (Å²) in [6.45, 7) is 4.04. The summed E-state index contributed by atoms with van der Waals surface area (Å²) >= 11 is 0. The third kappa shape index (κ3) is 3.66. The van der Waals surface area contributed by atoms with Crippen LogP contribution in [0.4, 0.5) is 0 Å². The molecule has 0 fully saturated rings. The Bertz CT molecular complexity index is 575. The van der Waals surface area contributed by atoms with Crippen LogP contribution < -0.4 is 5.32 Å². The van der Waals surface area contributed by atoms with E-state index in [-0.39, 0.29) is 12.5 Å². The van der Waals surface area contributed by atoms with E-state index in [1.165, 1.54) is 6.39 Å². The van der Waals surface area contributed by atoms with Gasteiger partial charge in [-0.3, -0.25) is 4.79 Å². The lowest BCUT2D eigenvalue weighted by atomic mass is 9.97. The first-order valence-corrected chi connectivity index (χ1v) is 6.95. The Morgan fingerprint density at radius 2 is 1.95 bits per heavy atom. The molecule has 2 N–H and O–H groups in total. The Morgan fingerprint density at radius 3 is 2.48 bits per heavy atom. The van der Waals surface area contributed by atoms with Crippen LogP contribution in [0.3, 0.4) is 0 Å². The molecule has 0 saturated carbocycles. The van der Waals surface area contributed by atoms with Crippen LogP contribution in [0.1, 0.15) is 37.0 Å². The molecular weight excluding hydrogens is 270 g/mol. The van der Waals surface area contributed by atoms with E-state index in [1.807, 2.05) is 13.8 Å².